The first-order chi connectivity index (χ1) is 6.09. The topological polar surface area (TPSA) is 52.6 Å². The third-order valence-electron chi connectivity index (χ3n) is 1.97. The van der Waals surface area contributed by atoms with Crippen molar-refractivity contribution in [3.05, 3.63) is 0 Å². The van der Waals surface area contributed by atoms with E-state index in [2.05, 4.69) is 0 Å². The molecule has 1 heterocycles. The minimum atomic E-state index is -0.297. The Morgan fingerprint density at radius 3 is 2.69 bits per heavy atom. The number of carbonyl (C=O) groups excluding carboxylic acids is 2. The van der Waals surface area contributed by atoms with E-state index in [1.165, 1.54) is 0 Å². The molecule has 74 valence electrons. The molecule has 0 aliphatic carbocycles. The van der Waals surface area contributed by atoms with Gasteiger partial charge >= 0.3 is 11.9 Å². The lowest BCUT2D eigenvalue weighted by Gasteiger charge is -2.13. The van der Waals surface area contributed by atoms with Gasteiger partial charge in [-0.25, -0.2) is 0 Å². The third kappa shape index (κ3) is 3.05. The zero-order valence-corrected chi connectivity index (χ0v) is 7.91. The summed E-state index contributed by atoms with van der Waals surface area (Å²) in [4.78, 5) is 22.2. The van der Waals surface area contributed by atoms with Crippen molar-refractivity contribution >= 4 is 11.9 Å². The maximum atomic E-state index is 11.2. The van der Waals surface area contributed by atoms with Crippen LogP contribution in [0.4, 0.5) is 0 Å². The van der Waals surface area contributed by atoms with Crippen LogP contribution in [0, 0.1) is 5.92 Å². The Bertz CT molecular complexity index is 212. The van der Waals surface area contributed by atoms with Crippen molar-refractivity contribution in [1.82, 2.24) is 0 Å². The Morgan fingerprint density at radius 1 is 1.31 bits per heavy atom. The van der Waals surface area contributed by atoms with Gasteiger partial charge < -0.3 is 9.47 Å². The summed E-state index contributed by atoms with van der Waals surface area (Å²) >= 11 is 0. The second-order valence-corrected chi connectivity index (χ2v) is 3.35. The van der Waals surface area contributed by atoms with Crippen molar-refractivity contribution in [2.24, 2.45) is 5.92 Å². The largest absolute Gasteiger partial charge is 0.465 e. The quantitative estimate of drug-likeness (QED) is 0.527. The summed E-state index contributed by atoms with van der Waals surface area (Å²) in [6, 6.07) is 0. The summed E-state index contributed by atoms with van der Waals surface area (Å²) in [7, 11) is 0. The molecule has 13 heavy (non-hydrogen) atoms. The predicted octanol–water partition coefficient (Wildman–Crippen LogP) is 0.891. The normalized spacial score (nSPS) is 30.9. The van der Waals surface area contributed by atoms with Gasteiger partial charge in [0.2, 0.25) is 0 Å². The van der Waals surface area contributed by atoms with E-state index < -0.39 is 0 Å². The van der Waals surface area contributed by atoms with Gasteiger partial charge in [0, 0.05) is 0 Å². The summed E-state index contributed by atoms with van der Waals surface area (Å²) in [5.41, 5.74) is 0. The average molecular weight is 186 g/mol. The molecule has 0 aromatic heterocycles. The van der Waals surface area contributed by atoms with Gasteiger partial charge in [-0.1, -0.05) is 6.92 Å². The molecule has 1 rings (SSSR count). The van der Waals surface area contributed by atoms with E-state index in [0.717, 1.165) is 0 Å². The number of cyclic esters (lactones) is 2. The fourth-order valence-electron chi connectivity index (χ4n) is 1.30. The molecule has 0 saturated carbocycles. The Morgan fingerprint density at radius 2 is 2.00 bits per heavy atom. The van der Waals surface area contributed by atoms with E-state index >= 15 is 0 Å². The van der Waals surface area contributed by atoms with Gasteiger partial charge in [-0.3, -0.25) is 9.59 Å². The molecule has 4 nitrogen and oxygen atoms in total. The van der Waals surface area contributed by atoms with Gasteiger partial charge in [-0.15, -0.1) is 0 Å². The number of ether oxygens (including phenoxy) is 2. The predicted molar refractivity (Wildman–Crippen MR) is 44.9 cm³/mol. The van der Waals surface area contributed by atoms with E-state index in [4.69, 9.17) is 9.47 Å². The summed E-state index contributed by atoms with van der Waals surface area (Å²) in [6.45, 7) is 3.69. The molecule has 0 N–H and O–H groups in total. The molecule has 0 unspecified atom stereocenters. The van der Waals surface area contributed by atoms with Crippen molar-refractivity contribution in [1.29, 1.82) is 0 Å². The summed E-state index contributed by atoms with van der Waals surface area (Å²) in [5.74, 6) is -0.736. The zero-order valence-electron chi connectivity index (χ0n) is 7.91. The van der Waals surface area contributed by atoms with E-state index in [0.29, 0.717) is 6.42 Å². The van der Waals surface area contributed by atoms with E-state index in [-0.39, 0.29) is 37.0 Å². The van der Waals surface area contributed by atoms with Gasteiger partial charge in [0.1, 0.15) is 6.61 Å². The highest BCUT2D eigenvalue weighted by Gasteiger charge is 2.22. The summed E-state index contributed by atoms with van der Waals surface area (Å²) in [5, 5.41) is 0. The van der Waals surface area contributed by atoms with E-state index in [1.807, 2.05) is 0 Å². The van der Waals surface area contributed by atoms with Crippen LogP contribution in [0.2, 0.25) is 0 Å². The first-order valence-electron chi connectivity index (χ1n) is 4.45. The van der Waals surface area contributed by atoms with Crippen LogP contribution >= 0.6 is 0 Å². The van der Waals surface area contributed by atoms with Gasteiger partial charge in [0.25, 0.3) is 0 Å². The SMILES string of the molecule is C[C@@H]1C[C@H](C)OC(=O)CCOC1=O. The van der Waals surface area contributed by atoms with Gasteiger partial charge in [-0.2, -0.15) is 0 Å². The second-order valence-electron chi connectivity index (χ2n) is 3.35. The fraction of sp³-hybridized carbons (Fsp3) is 0.778. The van der Waals surface area contributed by atoms with Crippen molar-refractivity contribution in [2.75, 3.05) is 6.61 Å². The van der Waals surface area contributed by atoms with Gasteiger partial charge in [-0.05, 0) is 13.3 Å². The van der Waals surface area contributed by atoms with Crippen LogP contribution in [0.1, 0.15) is 26.7 Å². The van der Waals surface area contributed by atoms with Crippen LogP contribution in [0.5, 0.6) is 0 Å². The lowest BCUT2D eigenvalue weighted by Crippen LogP contribution is -2.19. The Kier molecular flexibility index (Phi) is 3.28. The number of carbonyl (C=O) groups is 2. The van der Waals surface area contributed by atoms with Crippen LogP contribution in [0.15, 0.2) is 0 Å². The molecule has 0 spiro atoms. The van der Waals surface area contributed by atoms with Gasteiger partial charge in [0.15, 0.2) is 0 Å². The molecule has 0 radical (unpaired) electrons. The minimum absolute atomic E-state index is 0.134. The monoisotopic (exact) mass is 186 g/mol. The van der Waals surface area contributed by atoms with Gasteiger partial charge in [0.05, 0.1) is 18.4 Å². The standard InChI is InChI=1S/C9H14O4/c1-6-5-7(2)13-8(10)3-4-12-9(6)11/h6-7H,3-5H2,1-2H3/t6-,7+/m1/s1. The fourth-order valence-corrected chi connectivity index (χ4v) is 1.30. The number of hydrogen-bond donors (Lipinski definition) is 0. The molecule has 1 aliphatic heterocycles. The van der Waals surface area contributed by atoms with Crippen LogP contribution < -0.4 is 0 Å². The average Bonchev–Trinajstić information content (AvgIpc) is 2.06. The molecule has 0 amide bonds. The number of hydrogen-bond acceptors (Lipinski definition) is 4. The lowest BCUT2D eigenvalue weighted by atomic mass is 10.1. The first-order valence-corrected chi connectivity index (χ1v) is 4.45. The molecular weight excluding hydrogens is 172 g/mol. The minimum Gasteiger partial charge on any atom is -0.465 e. The van der Waals surface area contributed by atoms with Crippen molar-refractivity contribution in [3.63, 3.8) is 0 Å². The van der Waals surface area contributed by atoms with Crippen LogP contribution in [0.25, 0.3) is 0 Å². The second kappa shape index (κ2) is 4.25. The highest BCUT2D eigenvalue weighted by molar-refractivity contribution is 5.74. The number of esters is 2. The number of rotatable bonds is 0. The Balaban J connectivity index is 2.59. The smallest absolute Gasteiger partial charge is 0.309 e. The third-order valence-corrected chi connectivity index (χ3v) is 1.97. The van der Waals surface area contributed by atoms with Crippen molar-refractivity contribution in [2.45, 2.75) is 32.8 Å². The molecule has 1 fully saturated rings. The van der Waals surface area contributed by atoms with Crippen LogP contribution in [-0.4, -0.2) is 24.6 Å². The highest BCUT2D eigenvalue weighted by atomic mass is 16.6. The summed E-state index contributed by atoms with van der Waals surface area (Å²) in [6.07, 6.45) is 0.487. The lowest BCUT2D eigenvalue weighted by molar-refractivity contribution is -0.149. The molecular formula is C9H14O4. The van der Waals surface area contributed by atoms with Crippen LogP contribution in [0.3, 0.4) is 0 Å². The maximum absolute atomic E-state index is 11.2. The molecule has 1 saturated heterocycles. The molecule has 0 aromatic carbocycles. The van der Waals surface area contributed by atoms with Crippen LogP contribution in [-0.2, 0) is 19.1 Å². The highest BCUT2D eigenvalue weighted by Crippen LogP contribution is 2.13. The Hall–Kier alpha value is -1.06. The van der Waals surface area contributed by atoms with Crippen molar-refractivity contribution < 1.29 is 19.1 Å². The summed E-state index contributed by atoms with van der Waals surface area (Å²) < 4.78 is 9.87. The molecule has 0 aromatic rings. The molecule has 2 atom stereocenters. The molecule has 1 aliphatic rings. The Labute approximate surface area is 77.2 Å². The maximum Gasteiger partial charge on any atom is 0.309 e. The zero-order chi connectivity index (χ0) is 9.84. The van der Waals surface area contributed by atoms with E-state index in [1.54, 1.807) is 13.8 Å². The first kappa shape index (κ1) is 10.0. The van der Waals surface area contributed by atoms with Crippen molar-refractivity contribution in [3.8, 4) is 0 Å². The molecule has 0 bridgehead atoms. The molecule has 4 heteroatoms. The van der Waals surface area contributed by atoms with E-state index in [9.17, 15) is 9.59 Å².